The number of carbonyl (C=O) groups excluding carboxylic acids is 1. The largest absolute Gasteiger partial charge is 0.488 e. The van der Waals surface area contributed by atoms with Crippen LogP contribution >= 0.6 is 11.6 Å². The van der Waals surface area contributed by atoms with E-state index in [4.69, 9.17) is 16.3 Å². The van der Waals surface area contributed by atoms with E-state index >= 15 is 0 Å². The Hall–Kier alpha value is -2.00. The van der Waals surface area contributed by atoms with Gasteiger partial charge < -0.3 is 10.1 Å². The van der Waals surface area contributed by atoms with Crippen molar-refractivity contribution < 1.29 is 9.53 Å². The maximum absolute atomic E-state index is 12.2. The summed E-state index contributed by atoms with van der Waals surface area (Å²) in [7, 11) is 0. The van der Waals surface area contributed by atoms with Crippen LogP contribution in [-0.2, 0) is 6.54 Å². The third-order valence-corrected chi connectivity index (χ3v) is 3.15. The molecule has 4 heteroatoms. The number of rotatable bonds is 4. The Bertz CT molecular complexity index is 662. The molecule has 0 spiro atoms. The summed E-state index contributed by atoms with van der Waals surface area (Å²) in [5.41, 5.74) is 1.20. The van der Waals surface area contributed by atoms with E-state index < -0.39 is 0 Å². The Balaban J connectivity index is 2.07. The normalized spacial score (nSPS) is 11.1. The first-order valence-electron chi connectivity index (χ1n) is 7.16. The minimum atomic E-state index is -0.285. The van der Waals surface area contributed by atoms with Crippen molar-refractivity contribution in [3.8, 4) is 5.75 Å². The number of benzene rings is 2. The van der Waals surface area contributed by atoms with Gasteiger partial charge in [0.1, 0.15) is 11.4 Å². The summed E-state index contributed by atoms with van der Waals surface area (Å²) in [6.07, 6.45) is 0. The van der Waals surface area contributed by atoms with Crippen LogP contribution in [0, 0.1) is 0 Å². The molecule has 0 saturated carbocycles. The number of halogens is 1. The Morgan fingerprint density at radius 3 is 2.55 bits per heavy atom. The van der Waals surface area contributed by atoms with E-state index in [-0.39, 0.29) is 11.5 Å². The Morgan fingerprint density at radius 1 is 1.14 bits per heavy atom. The fraction of sp³-hybridized carbons (Fsp3) is 0.278. The maximum atomic E-state index is 12.2. The van der Waals surface area contributed by atoms with Crippen LogP contribution in [0.4, 0.5) is 0 Å². The molecule has 2 aromatic carbocycles. The first kappa shape index (κ1) is 16.4. The molecule has 1 N–H and O–H groups in total. The lowest BCUT2D eigenvalue weighted by Gasteiger charge is -2.23. The van der Waals surface area contributed by atoms with E-state index in [0.29, 0.717) is 17.1 Å². The fourth-order valence-corrected chi connectivity index (χ4v) is 2.18. The quantitative estimate of drug-likeness (QED) is 0.905. The van der Waals surface area contributed by atoms with Crippen molar-refractivity contribution in [3.63, 3.8) is 0 Å². The molecule has 22 heavy (non-hydrogen) atoms. The van der Waals surface area contributed by atoms with Crippen LogP contribution in [-0.4, -0.2) is 11.5 Å². The Kier molecular flexibility index (Phi) is 5.09. The van der Waals surface area contributed by atoms with Crippen molar-refractivity contribution in [2.45, 2.75) is 32.9 Å². The molecular weight excluding hydrogens is 298 g/mol. The summed E-state index contributed by atoms with van der Waals surface area (Å²) >= 11 is 5.90. The minimum Gasteiger partial charge on any atom is -0.488 e. The van der Waals surface area contributed by atoms with Crippen LogP contribution in [0.5, 0.6) is 5.75 Å². The molecule has 0 heterocycles. The lowest BCUT2D eigenvalue weighted by molar-refractivity contribution is 0.0949. The number of amides is 1. The number of carbonyl (C=O) groups is 1. The molecule has 0 atom stereocenters. The van der Waals surface area contributed by atoms with Crippen molar-refractivity contribution >= 4 is 17.5 Å². The third-order valence-electron chi connectivity index (χ3n) is 2.91. The van der Waals surface area contributed by atoms with Gasteiger partial charge in [0.2, 0.25) is 0 Å². The summed E-state index contributed by atoms with van der Waals surface area (Å²) in [6.45, 7) is 6.38. The van der Waals surface area contributed by atoms with Crippen LogP contribution < -0.4 is 10.1 Å². The highest BCUT2D eigenvalue weighted by atomic mass is 35.5. The van der Waals surface area contributed by atoms with E-state index in [1.165, 1.54) is 0 Å². The average Bonchev–Trinajstić information content (AvgIpc) is 2.44. The lowest BCUT2D eigenvalue weighted by atomic mass is 10.1. The molecule has 3 nitrogen and oxygen atoms in total. The second kappa shape index (κ2) is 6.84. The van der Waals surface area contributed by atoms with Gasteiger partial charge in [0.25, 0.3) is 5.91 Å². The predicted octanol–water partition coefficient (Wildman–Crippen LogP) is 4.45. The van der Waals surface area contributed by atoms with Crippen molar-refractivity contribution in [1.82, 2.24) is 5.32 Å². The number of hydrogen-bond donors (Lipinski definition) is 1. The van der Waals surface area contributed by atoms with Crippen LogP contribution in [0.1, 0.15) is 36.7 Å². The molecule has 0 unspecified atom stereocenters. The van der Waals surface area contributed by atoms with Crippen molar-refractivity contribution in [2.75, 3.05) is 0 Å². The first-order valence-corrected chi connectivity index (χ1v) is 7.54. The molecular formula is C18H20ClNO2. The summed E-state index contributed by atoms with van der Waals surface area (Å²) in [5.74, 6) is 0.620. The molecule has 116 valence electrons. The number of ether oxygens (including phenoxy) is 1. The molecule has 0 aliphatic carbocycles. The van der Waals surface area contributed by atoms with E-state index in [1.807, 2.05) is 45.0 Å². The Labute approximate surface area is 136 Å². The summed E-state index contributed by atoms with van der Waals surface area (Å²) in [4.78, 5) is 12.2. The first-order chi connectivity index (χ1) is 10.3. The van der Waals surface area contributed by atoms with Gasteiger partial charge in [0.05, 0.1) is 0 Å². The SMILES string of the molecule is CC(C)(C)Oc1ccccc1CNC(=O)c1cccc(Cl)c1. The summed E-state index contributed by atoms with van der Waals surface area (Å²) in [5, 5.41) is 3.44. The van der Waals surface area contributed by atoms with Crippen LogP contribution in [0.15, 0.2) is 48.5 Å². The molecule has 0 bridgehead atoms. The molecule has 0 radical (unpaired) electrons. The topological polar surface area (TPSA) is 38.3 Å². The molecule has 2 aromatic rings. The number of para-hydroxylation sites is 1. The second-order valence-corrected chi connectivity index (χ2v) is 6.45. The highest BCUT2D eigenvalue weighted by Gasteiger charge is 2.15. The minimum absolute atomic E-state index is 0.159. The van der Waals surface area contributed by atoms with Gasteiger partial charge in [-0.05, 0) is 45.0 Å². The van der Waals surface area contributed by atoms with Crippen molar-refractivity contribution in [1.29, 1.82) is 0 Å². The molecule has 0 aromatic heterocycles. The lowest BCUT2D eigenvalue weighted by Crippen LogP contribution is -2.26. The molecule has 0 fully saturated rings. The molecule has 0 aliphatic rings. The van der Waals surface area contributed by atoms with Gasteiger partial charge in [-0.15, -0.1) is 0 Å². The fourth-order valence-electron chi connectivity index (χ4n) is 1.99. The molecule has 0 saturated heterocycles. The summed E-state index contributed by atoms with van der Waals surface area (Å²) in [6, 6.07) is 14.6. The monoisotopic (exact) mass is 317 g/mol. The van der Waals surface area contributed by atoms with Gasteiger partial charge >= 0.3 is 0 Å². The summed E-state index contributed by atoms with van der Waals surface area (Å²) < 4.78 is 5.92. The van der Waals surface area contributed by atoms with Gasteiger partial charge in [-0.2, -0.15) is 0 Å². The zero-order valence-corrected chi connectivity index (χ0v) is 13.8. The second-order valence-electron chi connectivity index (χ2n) is 6.02. The Morgan fingerprint density at radius 2 is 1.86 bits per heavy atom. The van der Waals surface area contributed by atoms with Gasteiger partial charge in [-0.1, -0.05) is 35.9 Å². The van der Waals surface area contributed by atoms with Crippen LogP contribution in [0.2, 0.25) is 5.02 Å². The van der Waals surface area contributed by atoms with Gasteiger partial charge in [0.15, 0.2) is 0 Å². The van der Waals surface area contributed by atoms with Crippen molar-refractivity contribution in [3.05, 3.63) is 64.7 Å². The number of nitrogens with one attached hydrogen (secondary N) is 1. The zero-order valence-electron chi connectivity index (χ0n) is 13.0. The smallest absolute Gasteiger partial charge is 0.251 e. The number of hydrogen-bond acceptors (Lipinski definition) is 2. The zero-order chi connectivity index (χ0) is 16.2. The maximum Gasteiger partial charge on any atom is 0.251 e. The highest BCUT2D eigenvalue weighted by molar-refractivity contribution is 6.30. The van der Waals surface area contributed by atoms with Gasteiger partial charge in [-0.25, -0.2) is 0 Å². The van der Waals surface area contributed by atoms with Gasteiger partial charge in [0, 0.05) is 22.7 Å². The standard InChI is InChI=1S/C18H20ClNO2/c1-18(2,3)22-16-10-5-4-7-14(16)12-20-17(21)13-8-6-9-15(19)11-13/h4-11H,12H2,1-3H3,(H,20,21). The molecule has 2 rings (SSSR count). The molecule has 0 aliphatic heterocycles. The van der Waals surface area contributed by atoms with Crippen LogP contribution in [0.25, 0.3) is 0 Å². The highest BCUT2D eigenvalue weighted by Crippen LogP contribution is 2.23. The van der Waals surface area contributed by atoms with E-state index in [0.717, 1.165) is 11.3 Å². The average molecular weight is 318 g/mol. The molecule has 1 amide bonds. The van der Waals surface area contributed by atoms with E-state index in [2.05, 4.69) is 5.32 Å². The van der Waals surface area contributed by atoms with E-state index in [1.54, 1.807) is 24.3 Å². The van der Waals surface area contributed by atoms with Crippen molar-refractivity contribution in [2.24, 2.45) is 0 Å². The predicted molar refractivity (Wildman–Crippen MR) is 89.4 cm³/mol. The van der Waals surface area contributed by atoms with Gasteiger partial charge in [-0.3, -0.25) is 4.79 Å². The third kappa shape index (κ3) is 4.78. The van der Waals surface area contributed by atoms with Crippen LogP contribution in [0.3, 0.4) is 0 Å². The van der Waals surface area contributed by atoms with E-state index in [9.17, 15) is 4.79 Å².